The molecule has 1 saturated heterocycles. The fourth-order valence-corrected chi connectivity index (χ4v) is 3.06. The number of nitrogens with one attached hydrogen (secondary N) is 2. The van der Waals surface area contributed by atoms with E-state index in [1.165, 1.54) is 14.7 Å². The number of hydrogen-bond acceptors (Lipinski definition) is 5. The molecule has 0 aliphatic carbocycles. The van der Waals surface area contributed by atoms with E-state index in [1.807, 2.05) is 44.2 Å². The van der Waals surface area contributed by atoms with Gasteiger partial charge in [-0.2, -0.15) is 10.2 Å². The third kappa shape index (κ3) is 2.95. The molecule has 138 valence electrons. The standard InChI is InChI=1S/C16H20ClN7O2/c1-10(2)22(12-8-6-5-7-9-12)16(26)23-15(25)18-20-24(23)13-11(3)19-21(4)14(13)17/h5-10,20H,1-4H3,(H,18,25). The highest BCUT2D eigenvalue weighted by Gasteiger charge is 2.41. The molecule has 0 unspecified atom stereocenters. The molecule has 1 aromatic carbocycles. The van der Waals surface area contributed by atoms with E-state index in [9.17, 15) is 9.59 Å². The highest BCUT2D eigenvalue weighted by atomic mass is 35.5. The number of benzene rings is 1. The number of nitrogens with zero attached hydrogens (tertiary/aromatic N) is 5. The fourth-order valence-electron chi connectivity index (χ4n) is 2.80. The van der Waals surface area contributed by atoms with E-state index in [1.54, 1.807) is 14.0 Å². The zero-order valence-electron chi connectivity index (χ0n) is 14.9. The number of aryl methyl sites for hydroxylation is 2. The topological polar surface area (TPSA) is 85.7 Å². The van der Waals surface area contributed by atoms with Crippen molar-refractivity contribution in [3.63, 3.8) is 0 Å². The van der Waals surface area contributed by atoms with Gasteiger partial charge in [0, 0.05) is 18.8 Å². The largest absolute Gasteiger partial charge is 0.362 e. The molecule has 2 aromatic rings. The molecule has 0 radical (unpaired) electrons. The smallest absolute Gasteiger partial charge is 0.290 e. The van der Waals surface area contributed by atoms with Gasteiger partial charge in [-0.15, -0.1) is 10.5 Å². The Morgan fingerprint density at radius 3 is 2.46 bits per heavy atom. The van der Waals surface area contributed by atoms with Crippen LogP contribution in [0.15, 0.2) is 30.3 Å². The number of urea groups is 2. The molecule has 4 amide bonds. The Bertz CT molecular complexity index is 837. The van der Waals surface area contributed by atoms with Crippen molar-refractivity contribution >= 4 is 35.0 Å². The van der Waals surface area contributed by atoms with Crippen LogP contribution in [0.1, 0.15) is 19.5 Å². The SMILES string of the molecule is Cc1nn(C)c(Cl)c1N1NNC(=O)N1C(=O)N(c1ccccc1)C(C)C. The summed E-state index contributed by atoms with van der Waals surface area (Å²) >= 11 is 6.30. The van der Waals surface area contributed by atoms with Gasteiger partial charge >= 0.3 is 12.1 Å². The van der Waals surface area contributed by atoms with Crippen LogP contribution >= 0.6 is 11.6 Å². The van der Waals surface area contributed by atoms with Crippen LogP contribution in [0.3, 0.4) is 0 Å². The first-order valence-corrected chi connectivity index (χ1v) is 8.43. The molecular formula is C16H20ClN7O2. The lowest BCUT2D eigenvalue weighted by molar-refractivity contribution is 0.198. The second-order valence-electron chi connectivity index (χ2n) is 6.10. The Kier molecular flexibility index (Phi) is 4.75. The first kappa shape index (κ1) is 18.0. The number of aromatic nitrogens is 2. The van der Waals surface area contributed by atoms with Crippen LogP contribution in [-0.2, 0) is 7.05 Å². The minimum absolute atomic E-state index is 0.175. The summed E-state index contributed by atoms with van der Waals surface area (Å²) < 4.78 is 1.47. The van der Waals surface area contributed by atoms with Crippen molar-refractivity contribution in [1.82, 2.24) is 25.7 Å². The second kappa shape index (κ2) is 6.85. The number of amides is 4. The van der Waals surface area contributed by atoms with Gasteiger partial charge in [0.05, 0.1) is 5.69 Å². The molecule has 1 aliphatic rings. The van der Waals surface area contributed by atoms with E-state index in [2.05, 4.69) is 16.1 Å². The van der Waals surface area contributed by atoms with Crippen molar-refractivity contribution in [1.29, 1.82) is 0 Å². The molecule has 1 aromatic heterocycles. The zero-order chi connectivity index (χ0) is 19.0. The van der Waals surface area contributed by atoms with Gasteiger partial charge in [-0.25, -0.2) is 9.59 Å². The number of halogens is 1. The van der Waals surface area contributed by atoms with Crippen molar-refractivity contribution in [3.8, 4) is 0 Å². The van der Waals surface area contributed by atoms with Crippen LogP contribution in [0.2, 0.25) is 5.15 Å². The van der Waals surface area contributed by atoms with Gasteiger partial charge in [0.15, 0.2) is 5.15 Å². The molecule has 1 fully saturated rings. The number of anilines is 2. The molecule has 2 heterocycles. The van der Waals surface area contributed by atoms with E-state index in [-0.39, 0.29) is 6.04 Å². The van der Waals surface area contributed by atoms with Crippen LogP contribution in [-0.4, -0.2) is 32.9 Å². The fraction of sp³-hybridized carbons (Fsp3) is 0.312. The molecule has 9 nitrogen and oxygen atoms in total. The number of para-hydroxylation sites is 1. The Balaban J connectivity index is 2.01. The quantitative estimate of drug-likeness (QED) is 0.858. The average Bonchev–Trinajstić information content (AvgIpc) is 3.07. The lowest BCUT2D eigenvalue weighted by Crippen LogP contribution is -2.54. The maximum absolute atomic E-state index is 13.3. The number of rotatable bonds is 3. The zero-order valence-corrected chi connectivity index (χ0v) is 15.7. The van der Waals surface area contributed by atoms with E-state index in [0.29, 0.717) is 22.2 Å². The molecule has 10 heteroatoms. The van der Waals surface area contributed by atoms with E-state index < -0.39 is 12.1 Å². The maximum atomic E-state index is 13.3. The van der Waals surface area contributed by atoms with Crippen LogP contribution in [0, 0.1) is 6.92 Å². The first-order valence-electron chi connectivity index (χ1n) is 8.06. The Morgan fingerprint density at radius 2 is 1.92 bits per heavy atom. The van der Waals surface area contributed by atoms with Gasteiger partial charge in [0.25, 0.3) is 0 Å². The van der Waals surface area contributed by atoms with Gasteiger partial charge in [-0.1, -0.05) is 29.8 Å². The number of carbonyl (C=O) groups excluding carboxylic acids is 2. The molecule has 0 saturated carbocycles. The number of hydrazine groups is 3. The average molecular weight is 378 g/mol. The summed E-state index contributed by atoms with van der Waals surface area (Å²) in [6.45, 7) is 5.49. The summed E-state index contributed by atoms with van der Waals surface area (Å²) in [5.41, 5.74) is 6.76. The van der Waals surface area contributed by atoms with Gasteiger partial charge in [-0.3, -0.25) is 15.0 Å². The minimum atomic E-state index is -0.615. The van der Waals surface area contributed by atoms with Crippen LogP contribution in [0.4, 0.5) is 21.0 Å². The van der Waals surface area contributed by atoms with Gasteiger partial charge in [-0.05, 0) is 32.9 Å². The highest BCUT2D eigenvalue weighted by molar-refractivity contribution is 6.32. The van der Waals surface area contributed by atoms with Crippen molar-refractivity contribution in [3.05, 3.63) is 41.2 Å². The van der Waals surface area contributed by atoms with Crippen LogP contribution in [0.25, 0.3) is 0 Å². The number of imide groups is 1. The first-order chi connectivity index (χ1) is 12.3. The van der Waals surface area contributed by atoms with Crippen molar-refractivity contribution in [2.75, 3.05) is 10.0 Å². The third-order valence-corrected chi connectivity index (χ3v) is 4.36. The molecular weight excluding hydrogens is 358 g/mol. The molecule has 3 rings (SSSR count). The maximum Gasteiger partial charge on any atom is 0.362 e. The number of hydrogen-bond donors (Lipinski definition) is 2. The predicted molar refractivity (Wildman–Crippen MR) is 98.4 cm³/mol. The molecule has 26 heavy (non-hydrogen) atoms. The van der Waals surface area contributed by atoms with E-state index >= 15 is 0 Å². The van der Waals surface area contributed by atoms with Gasteiger partial charge in [0.2, 0.25) is 0 Å². The lowest BCUT2D eigenvalue weighted by atomic mass is 10.2. The molecule has 0 spiro atoms. The summed E-state index contributed by atoms with van der Waals surface area (Å²) in [5, 5.41) is 6.75. The number of carbonyl (C=O) groups is 2. The summed E-state index contributed by atoms with van der Waals surface area (Å²) in [4.78, 5) is 27.2. The molecule has 0 atom stereocenters. The molecule has 2 N–H and O–H groups in total. The monoisotopic (exact) mass is 377 g/mol. The Morgan fingerprint density at radius 1 is 1.27 bits per heavy atom. The molecule has 0 bridgehead atoms. The van der Waals surface area contributed by atoms with E-state index in [0.717, 1.165) is 5.01 Å². The minimum Gasteiger partial charge on any atom is -0.290 e. The second-order valence-corrected chi connectivity index (χ2v) is 6.45. The van der Waals surface area contributed by atoms with Gasteiger partial charge in [0.1, 0.15) is 5.69 Å². The van der Waals surface area contributed by atoms with Crippen LogP contribution < -0.4 is 21.0 Å². The summed E-state index contributed by atoms with van der Waals surface area (Å²) in [7, 11) is 1.68. The molecule has 1 aliphatic heterocycles. The van der Waals surface area contributed by atoms with Gasteiger partial charge < -0.3 is 0 Å². The Hall–Kier alpha value is -2.78. The summed E-state index contributed by atoms with van der Waals surface area (Å²) in [6, 6.07) is 7.84. The van der Waals surface area contributed by atoms with Crippen molar-refractivity contribution < 1.29 is 9.59 Å². The summed E-state index contributed by atoms with van der Waals surface area (Å²) in [6.07, 6.45) is 0. The summed E-state index contributed by atoms with van der Waals surface area (Å²) in [5.74, 6) is 0. The normalized spacial score (nSPS) is 14.2. The highest BCUT2D eigenvalue weighted by Crippen LogP contribution is 2.31. The van der Waals surface area contributed by atoms with Crippen LogP contribution in [0.5, 0.6) is 0 Å². The lowest BCUT2D eigenvalue weighted by Gasteiger charge is -2.33. The third-order valence-electron chi connectivity index (χ3n) is 3.93. The predicted octanol–water partition coefficient (Wildman–Crippen LogP) is 2.58. The Labute approximate surface area is 156 Å². The van der Waals surface area contributed by atoms with Crippen molar-refractivity contribution in [2.45, 2.75) is 26.8 Å². The van der Waals surface area contributed by atoms with Crippen molar-refractivity contribution in [2.24, 2.45) is 7.05 Å². The van der Waals surface area contributed by atoms with E-state index in [4.69, 9.17) is 11.6 Å².